The van der Waals surface area contributed by atoms with Crippen LogP contribution in [-0.4, -0.2) is 65.8 Å². The van der Waals surface area contributed by atoms with Crippen LogP contribution in [0.2, 0.25) is 0 Å². The molecule has 43 heavy (non-hydrogen) atoms. The average Bonchev–Trinajstić information content (AvgIpc) is 2.94. The second-order valence-corrected chi connectivity index (χ2v) is 10.7. The van der Waals surface area contributed by atoms with Crippen molar-refractivity contribution < 1.29 is 42.5 Å². The minimum Gasteiger partial charge on any atom is -0.493 e. The van der Waals surface area contributed by atoms with Gasteiger partial charge in [0.05, 0.1) is 25.4 Å². The fourth-order valence-electron chi connectivity index (χ4n) is 5.36. The molecule has 9 nitrogen and oxygen atoms in total. The predicted molar refractivity (Wildman–Crippen MR) is 157 cm³/mol. The largest absolute Gasteiger partial charge is 0.493 e. The summed E-state index contributed by atoms with van der Waals surface area (Å²) in [7, 11) is 0. The van der Waals surface area contributed by atoms with Gasteiger partial charge in [0, 0.05) is 38.0 Å². The van der Waals surface area contributed by atoms with Gasteiger partial charge in [0.1, 0.15) is 22.6 Å². The van der Waals surface area contributed by atoms with E-state index in [1.165, 1.54) is 24.0 Å². The Hall–Kier alpha value is -3.73. The van der Waals surface area contributed by atoms with Crippen molar-refractivity contribution in [2.45, 2.75) is 83.9 Å². The van der Waals surface area contributed by atoms with Gasteiger partial charge in [0.25, 0.3) is 5.92 Å². The molecule has 2 aromatic rings. The highest BCUT2D eigenvalue weighted by molar-refractivity contribution is 6.00. The fourth-order valence-corrected chi connectivity index (χ4v) is 5.36. The summed E-state index contributed by atoms with van der Waals surface area (Å²) in [6.07, 6.45) is -0.720. The minimum absolute atomic E-state index is 0.0660. The van der Waals surface area contributed by atoms with E-state index in [2.05, 4.69) is 5.32 Å². The van der Waals surface area contributed by atoms with Gasteiger partial charge in [-0.05, 0) is 58.7 Å². The Morgan fingerprint density at radius 1 is 1.05 bits per heavy atom. The first-order valence-electron chi connectivity index (χ1n) is 14.7. The third kappa shape index (κ3) is 8.01. The van der Waals surface area contributed by atoms with E-state index in [4.69, 9.17) is 14.2 Å². The lowest BCUT2D eigenvalue weighted by Crippen LogP contribution is -2.66. The maximum Gasteiger partial charge on any atom is 0.329 e. The molecule has 1 fully saturated rings. The molecule has 0 unspecified atom stereocenters. The fraction of sp³-hybridized carbons (Fsp3) is 0.531. The molecule has 2 amide bonds. The first-order chi connectivity index (χ1) is 20.4. The number of ketones is 1. The van der Waals surface area contributed by atoms with Gasteiger partial charge in [0.2, 0.25) is 0 Å². The normalized spacial score (nSPS) is 18.7. The lowest BCUT2D eigenvalue weighted by atomic mass is 9.74. The first kappa shape index (κ1) is 33.8. The second-order valence-electron chi connectivity index (χ2n) is 10.7. The number of aliphatic carboxylic acids is 1. The number of alkyl halides is 2. The van der Waals surface area contributed by atoms with Crippen LogP contribution < -0.4 is 14.8 Å². The van der Waals surface area contributed by atoms with Crippen LogP contribution in [0.5, 0.6) is 11.5 Å². The summed E-state index contributed by atoms with van der Waals surface area (Å²) < 4.78 is 47.0. The van der Waals surface area contributed by atoms with E-state index in [9.17, 15) is 19.5 Å². The molecule has 11 heteroatoms. The number of halogens is 2. The number of hydrogen-bond acceptors (Lipinski definition) is 6. The number of amides is 2. The highest BCUT2D eigenvalue weighted by atomic mass is 19.3. The van der Waals surface area contributed by atoms with Crippen molar-refractivity contribution in [2.24, 2.45) is 0 Å². The van der Waals surface area contributed by atoms with Crippen LogP contribution >= 0.6 is 0 Å². The Bertz CT molecular complexity index is 1240. The molecule has 1 aliphatic carbocycles. The Kier molecular flexibility index (Phi) is 11.5. The molecule has 0 heterocycles. The summed E-state index contributed by atoms with van der Waals surface area (Å²) in [5.41, 5.74) is -0.858. The van der Waals surface area contributed by atoms with Crippen LogP contribution in [0.1, 0.15) is 87.8 Å². The number of carboxylic acids is 1. The number of benzene rings is 2. The van der Waals surface area contributed by atoms with Crippen LogP contribution in [0, 0.1) is 0 Å². The average molecular weight is 605 g/mol. The minimum atomic E-state index is -3.12. The van der Waals surface area contributed by atoms with Crippen molar-refractivity contribution >= 4 is 17.8 Å². The molecule has 0 bridgehead atoms. The van der Waals surface area contributed by atoms with Crippen LogP contribution in [0.15, 0.2) is 42.5 Å². The molecule has 0 spiro atoms. The van der Waals surface area contributed by atoms with E-state index in [0.29, 0.717) is 12.2 Å². The Morgan fingerprint density at radius 3 is 2.12 bits per heavy atom. The number of hydrogen-bond donors (Lipinski definition) is 2. The zero-order valence-corrected chi connectivity index (χ0v) is 25.5. The van der Waals surface area contributed by atoms with Gasteiger partial charge < -0.3 is 29.5 Å². The van der Waals surface area contributed by atoms with Crippen LogP contribution in [0.3, 0.4) is 0 Å². The van der Waals surface area contributed by atoms with Crippen LogP contribution in [0.4, 0.5) is 13.6 Å². The van der Waals surface area contributed by atoms with E-state index in [1.54, 1.807) is 58.0 Å². The van der Waals surface area contributed by atoms with Crippen LogP contribution in [-0.2, 0) is 15.5 Å². The van der Waals surface area contributed by atoms with Crippen molar-refractivity contribution in [3.8, 4) is 11.5 Å². The number of carbonyl (C=O) groups excluding carboxylic acids is 2. The highest BCUT2D eigenvalue weighted by Crippen LogP contribution is 2.39. The molecular formula is C32H42F2N2O7. The molecule has 0 aromatic heterocycles. The quantitative estimate of drug-likeness (QED) is 0.215. The van der Waals surface area contributed by atoms with Gasteiger partial charge in [-0.3, -0.25) is 4.79 Å². The van der Waals surface area contributed by atoms with Gasteiger partial charge in [-0.15, -0.1) is 0 Å². The van der Waals surface area contributed by atoms with Crippen molar-refractivity contribution in [1.82, 2.24) is 10.2 Å². The molecule has 1 aliphatic rings. The third-order valence-electron chi connectivity index (χ3n) is 7.65. The summed E-state index contributed by atoms with van der Waals surface area (Å²) >= 11 is 0. The molecule has 0 saturated heterocycles. The Morgan fingerprint density at radius 2 is 1.63 bits per heavy atom. The molecule has 0 radical (unpaired) electrons. The van der Waals surface area contributed by atoms with Crippen molar-refractivity contribution in [3.63, 3.8) is 0 Å². The van der Waals surface area contributed by atoms with Gasteiger partial charge in [-0.25, -0.2) is 18.4 Å². The predicted octanol–water partition coefficient (Wildman–Crippen LogP) is 6.35. The molecule has 1 saturated carbocycles. The second kappa shape index (κ2) is 14.6. The number of rotatable bonds is 16. The maximum absolute atomic E-state index is 15.0. The Labute approximate surface area is 251 Å². The van der Waals surface area contributed by atoms with Crippen molar-refractivity contribution in [1.29, 1.82) is 0 Å². The van der Waals surface area contributed by atoms with Crippen molar-refractivity contribution in [2.75, 3.05) is 26.4 Å². The molecule has 2 N–H and O–H groups in total. The summed E-state index contributed by atoms with van der Waals surface area (Å²) in [6, 6.07) is 9.29. The van der Waals surface area contributed by atoms with Gasteiger partial charge >= 0.3 is 12.0 Å². The SMILES string of the molecule is CCOc1cc([C@@H](C)N(CCCC(F)(F)c2ccccc2)C(=O)NC2(C(=O)O)CC(OCC)C2)cc(OCC)c1C(C)=O. The van der Waals surface area contributed by atoms with E-state index in [0.717, 1.165) is 0 Å². The topological polar surface area (TPSA) is 114 Å². The molecule has 3 rings (SSSR count). The van der Waals surface area contributed by atoms with E-state index in [-0.39, 0.29) is 73.5 Å². The Balaban J connectivity index is 1.95. The molecule has 0 aliphatic heterocycles. The van der Waals surface area contributed by atoms with Gasteiger partial charge in [0.15, 0.2) is 5.78 Å². The summed E-state index contributed by atoms with van der Waals surface area (Å²) in [6.45, 7) is 9.30. The van der Waals surface area contributed by atoms with Crippen molar-refractivity contribution in [3.05, 3.63) is 59.2 Å². The number of urea groups is 1. The van der Waals surface area contributed by atoms with Crippen LogP contribution in [0.25, 0.3) is 0 Å². The van der Waals surface area contributed by atoms with E-state index >= 15 is 8.78 Å². The van der Waals surface area contributed by atoms with E-state index < -0.39 is 35.9 Å². The van der Waals surface area contributed by atoms with E-state index in [1.807, 2.05) is 0 Å². The number of nitrogens with zero attached hydrogens (tertiary/aromatic N) is 1. The number of carboxylic acid groups (broad SMARTS) is 1. The lowest BCUT2D eigenvalue weighted by Gasteiger charge is -2.45. The first-order valence-corrected chi connectivity index (χ1v) is 14.7. The summed E-state index contributed by atoms with van der Waals surface area (Å²) in [5, 5.41) is 12.6. The number of Topliss-reactive ketones (excluding diaryl/α,β-unsaturated/α-hetero) is 1. The summed E-state index contributed by atoms with van der Waals surface area (Å²) in [5.74, 6) is -4.02. The molecule has 236 valence electrons. The smallest absolute Gasteiger partial charge is 0.329 e. The molecule has 1 atom stereocenters. The number of carbonyl (C=O) groups is 3. The maximum atomic E-state index is 15.0. The van der Waals surface area contributed by atoms with Gasteiger partial charge in [-0.1, -0.05) is 30.3 Å². The van der Waals surface area contributed by atoms with Gasteiger partial charge in [-0.2, -0.15) is 0 Å². The molecule has 2 aromatic carbocycles. The zero-order valence-electron chi connectivity index (χ0n) is 25.5. The lowest BCUT2D eigenvalue weighted by molar-refractivity contribution is -0.156. The third-order valence-corrected chi connectivity index (χ3v) is 7.65. The monoisotopic (exact) mass is 604 g/mol. The number of ether oxygens (including phenoxy) is 3. The standard InChI is InChI=1S/C32H42F2N2O7/c1-6-41-25-19-31(20-25,29(38)39)35-30(40)36(16-12-15-32(33,34)24-13-10-9-11-14-24)21(4)23-17-26(42-7-2)28(22(5)37)27(18-23)43-8-3/h9-11,13-14,17-18,21,25H,6-8,12,15-16,19-20H2,1-5H3,(H,35,40)(H,38,39)/t21-,25?,31?/m1/s1. The summed E-state index contributed by atoms with van der Waals surface area (Å²) in [4.78, 5) is 39.8. The molecular weight excluding hydrogens is 562 g/mol. The number of nitrogens with one attached hydrogen (secondary N) is 1. The zero-order chi connectivity index (χ0) is 31.8. The highest BCUT2D eigenvalue weighted by Gasteiger charge is 2.53.